The maximum atomic E-state index is 12.5. The smallest absolute Gasteiger partial charge is 0.251 e. The average Bonchev–Trinajstić information content (AvgIpc) is 2.80. The highest BCUT2D eigenvalue weighted by molar-refractivity contribution is 5.94. The normalized spacial score (nSPS) is 15.1. The lowest BCUT2D eigenvalue weighted by Gasteiger charge is -2.34. The van der Waals surface area contributed by atoms with Crippen molar-refractivity contribution in [3.8, 4) is 0 Å². The van der Waals surface area contributed by atoms with Crippen molar-refractivity contribution in [2.75, 3.05) is 26.2 Å². The Morgan fingerprint density at radius 3 is 2.17 bits per heavy atom. The van der Waals surface area contributed by atoms with E-state index >= 15 is 0 Å². The zero-order chi connectivity index (χ0) is 20.6. The van der Waals surface area contributed by atoms with Gasteiger partial charge in [-0.2, -0.15) is 0 Å². The highest BCUT2D eigenvalue weighted by Crippen LogP contribution is 2.13. The predicted octanol–water partition coefficient (Wildman–Crippen LogP) is 3.33. The van der Waals surface area contributed by atoms with Crippen LogP contribution in [0.5, 0.6) is 0 Å². The second-order valence-electron chi connectivity index (χ2n) is 7.74. The molecule has 4 rings (SSSR count). The van der Waals surface area contributed by atoms with Crippen molar-refractivity contribution in [2.24, 2.45) is 0 Å². The molecule has 0 bridgehead atoms. The first-order valence-corrected chi connectivity index (χ1v) is 10.5. The molecule has 1 N–H and O–H groups in total. The van der Waals surface area contributed by atoms with Crippen molar-refractivity contribution in [1.82, 2.24) is 20.1 Å². The molecule has 30 heavy (non-hydrogen) atoms. The van der Waals surface area contributed by atoms with Crippen LogP contribution in [0.1, 0.15) is 27.2 Å². The minimum Gasteiger partial charge on any atom is -0.346 e. The minimum atomic E-state index is -0.0600. The Labute approximate surface area is 178 Å². The van der Waals surface area contributed by atoms with E-state index in [4.69, 9.17) is 0 Å². The number of pyridine rings is 1. The summed E-state index contributed by atoms with van der Waals surface area (Å²) in [6.45, 7) is 6.55. The topological polar surface area (TPSA) is 48.5 Å². The van der Waals surface area contributed by atoms with Gasteiger partial charge in [0.1, 0.15) is 0 Å². The maximum Gasteiger partial charge on any atom is 0.251 e. The molecule has 1 amide bonds. The molecular weight excluding hydrogens is 372 g/mol. The summed E-state index contributed by atoms with van der Waals surface area (Å²) in [6, 6.07) is 24.3. The lowest BCUT2D eigenvalue weighted by molar-refractivity contribution is 0.0950. The molecule has 3 aromatic rings. The van der Waals surface area contributed by atoms with Gasteiger partial charge in [0.05, 0.1) is 12.2 Å². The maximum absolute atomic E-state index is 12.5. The van der Waals surface area contributed by atoms with Crippen LogP contribution in [-0.4, -0.2) is 46.9 Å². The second kappa shape index (κ2) is 10.1. The average molecular weight is 401 g/mol. The number of hydrogen-bond acceptors (Lipinski definition) is 4. The molecule has 2 heterocycles. The first-order chi connectivity index (χ1) is 14.8. The summed E-state index contributed by atoms with van der Waals surface area (Å²) in [6.07, 6.45) is 1.74. The second-order valence-corrected chi connectivity index (χ2v) is 7.74. The van der Waals surface area contributed by atoms with Crippen LogP contribution >= 0.6 is 0 Å². The van der Waals surface area contributed by atoms with E-state index in [-0.39, 0.29) is 5.91 Å². The van der Waals surface area contributed by atoms with E-state index in [9.17, 15) is 4.79 Å². The van der Waals surface area contributed by atoms with Crippen molar-refractivity contribution in [1.29, 1.82) is 0 Å². The van der Waals surface area contributed by atoms with Crippen LogP contribution < -0.4 is 5.32 Å². The predicted molar refractivity (Wildman–Crippen MR) is 119 cm³/mol. The Morgan fingerprint density at radius 1 is 0.800 bits per heavy atom. The molecule has 0 radical (unpaired) electrons. The number of nitrogens with zero attached hydrogens (tertiary/aromatic N) is 3. The van der Waals surface area contributed by atoms with Crippen molar-refractivity contribution < 1.29 is 4.79 Å². The molecule has 5 nitrogen and oxygen atoms in total. The Hall–Kier alpha value is -3.02. The minimum absolute atomic E-state index is 0.0600. The molecular formula is C25H28N4O. The molecule has 1 fully saturated rings. The Bertz CT molecular complexity index is 938. The number of rotatable bonds is 7. The first-order valence-electron chi connectivity index (χ1n) is 10.5. The van der Waals surface area contributed by atoms with Crippen LogP contribution in [-0.2, 0) is 19.6 Å². The third-order valence-electron chi connectivity index (χ3n) is 5.47. The van der Waals surface area contributed by atoms with Gasteiger partial charge in [-0.05, 0) is 35.4 Å². The van der Waals surface area contributed by atoms with Gasteiger partial charge in [-0.1, -0.05) is 48.5 Å². The summed E-state index contributed by atoms with van der Waals surface area (Å²) in [5.74, 6) is -0.0600. The van der Waals surface area contributed by atoms with Crippen LogP contribution in [0, 0.1) is 0 Å². The molecule has 1 saturated heterocycles. The molecule has 0 unspecified atom stereocenters. The SMILES string of the molecule is O=C(NCc1ccccn1)c1cccc(CN2CCN(Cc3ccccc3)CC2)c1. The van der Waals surface area contributed by atoms with Crippen LogP contribution in [0.2, 0.25) is 0 Å². The van der Waals surface area contributed by atoms with E-state index in [1.54, 1.807) is 6.20 Å². The van der Waals surface area contributed by atoms with Gasteiger partial charge in [-0.3, -0.25) is 19.6 Å². The van der Waals surface area contributed by atoms with Crippen molar-refractivity contribution in [3.63, 3.8) is 0 Å². The first kappa shape index (κ1) is 20.3. The van der Waals surface area contributed by atoms with Gasteiger partial charge in [-0.15, -0.1) is 0 Å². The van der Waals surface area contributed by atoms with E-state index in [0.717, 1.165) is 45.0 Å². The van der Waals surface area contributed by atoms with Crippen LogP contribution in [0.4, 0.5) is 0 Å². The molecule has 5 heteroatoms. The fourth-order valence-electron chi connectivity index (χ4n) is 3.79. The van der Waals surface area contributed by atoms with Gasteiger partial charge in [-0.25, -0.2) is 0 Å². The summed E-state index contributed by atoms with van der Waals surface area (Å²) < 4.78 is 0. The van der Waals surface area contributed by atoms with E-state index < -0.39 is 0 Å². The molecule has 1 aliphatic heterocycles. The monoisotopic (exact) mass is 400 g/mol. The largest absolute Gasteiger partial charge is 0.346 e. The number of benzene rings is 2. The van der Waals surface area contributed by atoms with Crippen LogP contribution in [0.3, 0.4) is 0 Å². The van der Waals surface area contributed by atoms with Gasteiger partial charge < -0.3 is 5.32 Å². The van der Waals surface area contributed by atoms with E-state index in [0.29, 0.717) is 12.1 Å². The van der Waals surface area contributed by atoms with Crippen molar-refractivity contribution in [3.05, 3.63) is 101 Å². The molecule has 0 saturated carbocycles. The summed E-state index contributed by atoms with van der Waals surface area (Å²) >= 11 is 0. The zero-order valence-corrected chi connectivity index (χ0v) is 17.2. The zero-order valence-electron chi connectivity index (χ0n) is 17.2. The van der Waals surface area contributed by atoms with E-state index in [1.807, 2.05) is 36.4 Å². The highest BCUT2D eigenvalue weighted by Gasteiger charge is 2.17. The number of hydrogen-bond donors (Lipinski definition) is 1. The summed E-state index contributed by atoms with van der Waals surface area (Å²) in [4.78, 5) is 21.7. The van der Waals surface area contributed by atoms with E-state index in [2.05, 4.69) is 56.5 Å². The Balaban J connectivity index is 1.27. The van der Waals surface area contributed by atoms with Crippen LogP contribution in [0.15, 0.2) is 79.0 Å². The number of nitrogens with one attached hydrogen (secondary N) is 1. The number of aromatic nitrogens is 1. The Morgan fingerprint density at radius 2 is 1.47 bits per heavy atom. The standard InChI is InChI=1S/C25H28N4O/c30-25(27-18-24-11-4-5-12-26-24)23-10-6-9-22(17-23)20-29-15-13-28(14-16-29)19-21-7-2-1-3-8-21/h1-12,17H,13-16,18-20H2,(H,27,30). The Kier molecular flexibility index (Phi) is 6.85. The third-order valence-corrected chi connectivity index (χ3v) is 5.47. The third kappa shape index (κ3) is 5.75. The molecule has 1 aromatic heterocycles. The van der Waals surface area contributed by atoms with Gasteiger partial charge >= 0.3 is 0 Å². The number of piperazine rings is 1. The molecule has 154 valence electrons. The van der Waals surface area contributed by atoms with Crippen molar-refractivity contribution >= 4 is 5.91 Å². The lowest BCUT2D eigenvalue weighted by Crippen LogP contribution is -2.45. The highest BCUT2D eigenvalue weighted by atomic mass is 16.1. The molecule has 2 aromatic carbocycles. The number of carbonyl (C=O) groups is 1. The number of amides is 1. The van der Waals surface area contributed by atoms with Crippen LogP contribution in [0.25, 0.3) is 0 Å². The molecule has 0 aliphatic carbocycles. The fourth-order valence-corrected chi connectivity index (χ4v) is 3.79. The quantitative estimate of drug-likeness (QED) is 0.661. The lowest BCUT2D eigenvalue weighted by atomic mass is 10.1. The molecule has 1 aliphatic rings. The van der Waals surface area contributed by atoms with Gasteiger partial charge in [0.25, 0.3) is 5.91 Å². The molecule has 0 spiro atoms. The van der Waals surface area contributed by atoms with Gasteiger partial charge in [0.15, 0.2) is 0 Å². The van der Waals surface area contributed by atoms with Crippen molar-refractivity contribution in [2.45, 2.75) is 19.6 Å². The summed E-state index contributed by atoms with van der Waals surface area (Å²) in [5.41, 5.74) is 4.11. The molecule has 0 atom stereocenters. The number of carbonyl (C=O) groups excluding carboxylic acids is 1. The van der Waals surface area contributed by atoms with E-state index in [1.165, 1.54) is 11.1 Å². The van der Waals surface area contributed by atoms with Gasteiger partial charge in [0.2, 0.25) is 0 Å². The summed E-state index contributed by atoms with van der Waals surface area (Å²) in [5, 5.41) is 2.95. The van der Waals surface area contributed by atoms with Gasteiger partial charge in [0, 0.05) is 51.0 Å². The summed E-state index contributed by atoms with van der Waals surface area (Å²) in [7, 11) is 0. The fraction of sp³-hybridized carbons (Fsp3) is 0.280.